The zero-order valence-electron chi connectivity index (χ0n) is 13.3. The zero-order valence-corrected chi connectivity index (χ0v) is 14.1. The second kappa shape index (κ2) is 6.89. The molecular weight excluding hydrogens is 302 g/mol. The van der Waals surface area contributed by atoms with E-state index >= 15 is 0 Å². The fourth-order valence-corrected chi connectivity index (χ4v) is 3.87. The Morgan fingerprint density at radius 2 is 2.00 bits per heavy atom. The van der Waals surface area contributed by atoms with Crippen LogP contribution in [0.15, 0.2) is 0 Å². The quantitative estimate of drug-likeness (QED) is 0.786. The Morgan fingerprint density at radius 3 is 2.55 bits per heavy atom. The number of nitrogens with two attached hydrogens (primary N) is 1. The summed E-state index contributed by atoms with van der Waals surface area (Å²) >= 11 is 1.53. The number of piperidine rings is 1. The van der Waals surface area contributed by atoms with Crippen molar-refractivity contribution in [3.63, 3.8) is 0 Å². The lowest BCUT2D eigenvalue weighted by atomic mass is 9.92. The maximum atomic E-state index is 12.5. The van der Waals surface area contributed by atoms with Crippen LogP contribution >= 0.6 is 11.8 Å². The highest BCUT2D eigenvalue weighted by atomic mass is 32.2. The predicted octanol–water partition coefficient (Wildman–Crippen LogP) is 0.501. The Labute approximate surface area is 135 Å². The molecule has 1 unspecified atom stereocenters. The number of likely N-dealkylation sites (tertiary alicyclic amines) is 1. The van der Waals surface area contributed by atoms with E-state index in [0.29, 0.717) is 31.2 Å². The molecule has 6 nitrogen and oxygen atoms in total. The first-order chi connectivity index (χ1) is 10.3. The lowest BCUT2D eigenvalue weighted by molar-refractivity contribution is -0.137. The minimum Gasteiger partial charge on any atom is -0.370 e. The predicted molar refractivity (Wildman–Crippen MR) is 86.2 cm³/mol. The van der Waals surface area contributed by atoms with Gasteiger partial charge in [-0.3, -0.25) is 14.4 Å². The number of carbonyl (C=O) groups is 3. The average molecular weight is 327 g/mol. The Balaban J connectivity index is 1.80. The van der Waals surface area contributed by atoms with Gasteiger partial charge in [-0.15, -0.1) is 11.8 Å². The fraction of sp³-hybridized carbons (Fsp3) is 0.800. The molecular formula is C15H25N3O3S. The minimum atomic E-state index is -0.460. The molecule has 2 heterocycles. The van der Waals surface area contributed by atoms with Crippen molar-refractivity contribution < 1.29 is 14.4 Å². The molecule has 124 valence electrons. The van der Waals surface area contributed by atoms with Gasteiger partial charge in [0, 0.05) is 25.3 Å². The van der Waals surface area contributed by atoms with Crippen LogP contribution in [0.25, 0.3) is 0 Å². The molecule has 3 N–H and O–H groups in total. The van der Waals surface area contributed by atoms with E-state index in [0.717, 1.165) is 19.3 Å². The van der Waals surface area contributed by atoms with Crippen LogP contribution in [0.5, 0.6) is 0 Å². The van der Waals surface area contributed by atoms with Gasteiger partial charge in [0.2, 0.25) is 17.7 Å². The molecule has 22 heavy (non-hydrogen) atoms. The first-order valence-corrected chi connectivity index (χ1v) is 8.80. The Kier molecular flexibility index (Phi) is 5.36. The van der Waals surface area contributed by atoms with Crippen molar-refractivity contribution in [2.45, 2.75) is 50.3 Å². The molecule has 3 amide bonds. The van der Waals surface area contributed by atoms with Gasteiger partial charge in [-0.1, -0.05) is 0 Å². The SMILES string of the molecule is CC1(C)SCC(C(=O)N2CCC(CCC(N)=O)CC2)NC1=O. The van der Waals surface area contributed by atoms with E-state index in [1.165, 1.54) is 11.8 Å². The summed E-state index contributed by atoms with van der Waals surface area (Å²) in [5.41, 5.74) is 5.17. The summed E-state index contributed by atoms with van der Waals surface area (Å²) in [6, 6.07) is -0.410. The van der Waals surface area contributed by atoms with Crippen molar-refractivity contribution in [1.82, 2.24) is 10.2 Å². The Hall–Kier alpha value is -1.24. The fourth-order valence-electron chi connectivity index (χ4n) is 2.87. The largest absolute Gasteiger partial charge is 0.370 e. The number of thioether (sulfide) groups is 1. The molecule has 2 aliphatic heterocycles. The van der Waals surface area contributed by atoms with Gasteiger partial charge in [0.25, 0.3) is 0 Å². The lowest BCUT2D eigenvalue weighted by Crippen LogP contribution is -2.58. The molecule has 2 rings (SSSR count). The van der Waals surface area contributed by atoms with Crippen LogP contribution in [0.2, 0.25) is 0 Å². The van der Waals surface area contributed by atoms with Crippen LogP contribution in [-0.2, 0) is 14.4 Å². The van der Waals surface area contributed by atoms with E-state index < -0.39 is 10.8 Å². The van der Waals surface area contributed by atoms with Crippen molar-refractivity contribution in [2.75, 3.05) is 18.8 Å². The monoisotopic (exact) mass is 327 g/mol. The normalized spacial score (nSPS) is 25.6. The Morgan fingerprint density at radius 1 is 1.36 bits per heavy atom. The molecule has 0 bridgehead atoms. The molecule has 0 spiro atoms. The van der Waals surface area contributed by atoms with Gasteiger partial charge >= 0.3 is 0 Å². The molecule has 0 saturated carbocycles. The van der Waals surface area contributed by atoms with Crippen LogP contribution in [0.1, 0.15) is 39.5 Å². The molecule has 1 atom stereocenters. The lowest BCUT2D eigenvalue weighted by Gasteiger charge is -2.38. The maximum absolute atomic E-state index is 12.5. The van der Waals surface area contributed by atoms with Crippen LogP contribution < -0.4 is 11.1 Å². The van der Waals surface area contributed by atoms with Gasteiger partial charge in [0.15, 0.2) is 0 Å². The average Bonchev–Trinajstić information content (AvgIpc) is 2.48. The van der Waals surface area contributed by atoms with Gasteiger partial charge in [-0.25, -0.2) is 0 Å². The van der Waals surface area contributed by atoms with Crippen LogP contribution in [0.3, 0.4) is 0 Å². The summed E-state index contributed by atoms with van der Waals surface area (Å²) in [4.78, 5) is 37.1. The second-order valence-corrected chi connectivity index (χ2v) is 8.26. The number of hydrogen-bond acceptors (Lipinski definition) is 4. The number of nitrogens with zero attached hydrogens (tertiary/aromatic N) is 1. The highest BCUT2D eigenvalue weighted by Gasteiger charge is 2.39. The zero-order chi connectivity index (χ0) is 16.3. The Bertz CT molecular complexity index is 459. The number of hydrogen-bond donors (Lipinski definition) is 2. The molecule has 2 saturated heterocycles. The molecule has 2 aliphatic rings. The molecule has 0 aromatic heterocycles. The van der Waals surface area contributed by atoms with E-state index in [1.807, 2.05) is 18.7 Å². The third kappa shape index (κ3) is 4.15. The second-order valence-electron chi connectivity index (χ2n) is 6.62. The molecule has 7 heteroatoms. The summed E-state index contributed by atoms with van der Waals surface area (Å²) in [5.74, 6) is 0.774. The highest BCUT2D eigenvalue weighted by molar-refractivity contribution is 8.01. The van der Waals surface area contributed by atoms with Crippen molar-refractivity contribution in [3.8, 4) is 0 Å². The molecule has 0 aromatic rings. The third-order valence-corrected chi connectivity index (χ3v) is 5.89. The number of nitrogens with one attached hydrogen (secondary N) is 1. The summed E-state index contributed by atoms with van der Waals surface area (Å²) in [6.07, 6.45) is 3.03. The van der Waals surface area contributed by atoms with Crippen molar-refractivity contribution >= 4 is 29.5 Å². The van der Waals surface area contributed by atoms with E-state index in [-0.39, 0.29) is 17.7 Å². The van der Waals surface area contributed by atoms with Crippen LogP contribution in [-0.4, -0.2) is 52.3 Å². The smallest absolute Gasteiger partial charge is 0.246 e. The minimum absolute atomic E-state index is 0.0182. The summed E-state index contributed by atoms with van der Waals surface area (Å²) in [7, 11) is 0. The van der Waals surface area contributed by atoms with Crippen LogP contribution in [0.4, 0.5) is 0 Å². The molecule has 0 radical (unpaired) electrons. The van der Waals surface area contributed by atoms with E-state index in [1.54, 1.807) is 0 Å². The van der Waals surface area contributed by atoms with Gasteiger partial charge in [-0.2, -0.15) is 0 Å². The number of carbonyl (C=O) groups excluding carboxylic acids is 3. The summed E-state index contributed by atoms with van der Waals surface area (Å²) in [6.45, 7) is 5.14. The third-order valence-electron chi connectivity index (χ3n) is 4.49. The molecule has 2 fully saturated rings. The maximum Gasteiger partial charge on any atom is 0.246 e. The number of amides is 3. The van der Waals surface area contributed by atoms with E-state index in [2.05, 4.69) is 5.32 Å². The van der Waals surface area contributed by atoms with Gasteiger partial charge in [-0.05, 0) is 39.0 Å². The van der Waals surface area contributed by atoms with E-state index in [9.17, 15) is 14.4 Å². The van der Waals surface area contributed by atoms with Gasteiger partial charge in [0.1, 0.15) is 6.04 Å². The molecule has 0 aromatic carbocycles. The van der Waals surface area contributed by atoms with Gasteiger partial charge in [0.05, 0.1) is 4.75 Å². The first-order valence-electron chi connectivity index (χ1n) is 7.81. The van der Waals surface area contributed by atoms with Crippen molar-refractivity contribution in [3.05, 3.63) is 0 Å². The van der Waals surface area contributed by atoms with Crippen molar-refractivity contribution in [2.24, 2.45) is 11.7 Å². The number of rotatable bonds is 4. The summed E-state index contributed by atoms with van der Waals surface area (Å²) in [5, 5.41) is 2.84. The topological polar surface area (TPSA) is 92.5 Å². The first kappa shape index (κ1) is 17.1. The van der Waals surface area contributed by atoms with Gasteiger partial charge < -0.3 is 16.0 Å². The highest BCUT2D eigenvalue weighted by Crippen LogP contribution is 2.30. The van der Waals surface area contributed by atoms with Crippen molar-refractivity contribution in [1.29, 1.82) is 0 Å². The standard InChI is InChI=1S/C15H25N3O3S/c1-15(2)14(21)17-11(9-22-15)13(20)18-7-5-10(6-8-18)3-4-12(16)19/h10-11H,3-9H2,1-2H3,(H2,16,19)(H,17,21). The molecule has 0 aliphatic carbocycles. The van der Waals surface area contributed by atoms with Crippen LogP contribution in [0, 0.1) is 5.92 Å². The number of primary amides is 1. The summed E-state index contributed by atoms with van der Waals surface area (Å²) < 4.78 is -0.460. The van der Waals surface area contributed by atoms with E-state index in [4.69, 9.17) is 5.73 Å².